The predicted octanol–water partition coefficient (Wildman–Crippen LogP) is 1.24. The predicted molar refractivity (Wildman–Crippen MR) is 54.4 cm³/mol. The summed E-state index contributed by atoms with van der Waals surface area (Å²) in [6.45, 7) is 5.74. The van der Waals surface area contributed by atoms with E-state index < -0.39 is 12.2 Å². The summed E-state index contributed by atoms with van der Waals surface area (Å²) in [6, 6.07) is 0. The Labute approximate surface area is 88.8 Å². The van der Waals surface area contributed by atoms with Crippen LogP contribution in [-0.4, -0.2) is 42.2 Å². The molecule has 1 saturated heterocycles. The van der Waals surface area contributed by atoms with Gasteiger partial charge in [0.2, 0.25) is 0 Å². The molecule has 1 aliphatic rings. The molecule has 4 atom stereocenters. The monoisotopic (exact) mass is 215 g/mol. The van der Waals surface area contributed by atoms with E-state index in [0.717, 1.165) is 0 Å². The van der Waals surface area contributed by atoms with Crippen LogP contribution in [0.5, 0.6) is 0 Å². The molecule has 6 heteroatoms. The first kappa shape index (κ1) is 12.3. The third-order valence-corrected chi connectivity index (χ3v) is 2.33. The molecule has 1 fully saturated rings. The lowest BCUT2D eigenvalue weighted by atomic mass is 10.1. The molecule has 0 amide bonds. The van der Waals surface area contributed by atoms with Gasteiger partial charge < -0.3 is 14.6 Å². The maximum absolute atomic E-state index is 9.79. The average Bonchev–Trinajstić information content (AvgIpc) is 2.42. The third kappa shape index (κ3) is 3.07. The minimum atomic E-state index is -0.661. The van der Waals surface area contributed by atoms with Crippen LogP contribution >= 0.6 is 0 Å². The van der Waals surface area contributed by atoms with Crippen LogP contribution in [0.25, 0.3) is 10.4 Å². The van der Waals surface area contributed by atoms with Crippen molar-refractivity contribution in [3.8, 4) is 0 Å². The summed E-state index contributed by atoms with van der Waals surface area (Å²) >= 11 is 0. The van der Waals surface area contributed by atoms with Crippen molar-refractivity contribution in [3.05, 3.63) is 10.4 Å². The topological polar surface area (TPSA) is 87.5 Å². The summed E-state index contributed by atoms with van der Waals surface area (Å²) < 4.78 is 11.0. The molecule has 6 nitrogen and oxygen atoms in total. The number of aliphatic hydroxyl groups is 1. The number of azide groups is 1. The molecule has 0 aliphatic carbocycles. The highest BCUT2D eigenvalue weighted by Gasteiger charge is 2.42. The molecule has 0 aromatic carbocycles. The maximum Gasteiger partial charge on any atom is 0.112 e. The van der Waals surface area contributed by atoms with Gasteiger partial charge in [-0.1, -0.05) is 5.11 Å². The Morgan fingerprint density at radius 1 is 1.60 bits per heavy atom. The second-order valence-electron chi connectivity index (χ2n) is 3.93. The first-order chi connectivity index (χ1) is 7.06. The van der Waals surface area contributed by atoms with E-state index in [1.807, 2.05) is 13.8 Å². The Morgan fingerprint density at radius 3 is 2.80 bits per heavy atom. The summed E-state index contributed by atoms with van der Waals surface area (Å²) in [6.07, 6.45) is -1.70. The highest BCUT2D eigenvalue weighted by molar-refractivity contribution is 4.91. The molecule has 1 unspecified atom stereocenters. The largest absolute Gasteiger partial charge is 0.388 e. The van der Waals surface area contributed by atoms with E-state index in [1.165, 1.54) is 0 Å². The summed E-state index contributed by atoms with van der Waals surface area (Å²) in [4.78, 5) is 2.67. The zero-order chi connectivity index (χ0) is 11.4. The Bertz CT molecular complexity index is 253. The highest BCUT2D eigenvalue weighted by atomic mass is 16.6. The van der Waals surface area contributed by atoms with Gasteiger partial charge >= 0.3 is 0 Å². The van der Waals surface area contributed by atoms with Gasteiger partial charge in [0.15, 0.2) is 0 Å². The van der Waals surface area contributed by atoms with Gasteiger partial charge in [0, 0.05) is 4.91 Å². The molecule has 0 bridgehead atoms. The third-order valence-electron chi connectivity index (χ3n) is 2.33. The smallest absolute Gasteiger partial charge is 0.112 e. The van der Waals surface area contributed by atoms with E-state index in [-0.39, 0.29) is 24.9 Å². The van der Waals surface area contributed by atoms with Crippen molar-refractivity contribution in [2.75, 3.05) is 6.54 Å². The van der Waals surface area contributed by atoms with Crippen LogP contribution in [0.1, 0.15) is 20.8 Å². The second-order valence-corrected chi connectivity index (χ2v) is 3.93. The van der Waals surface area contributed by atoms with Crippen molar-refractivity contribution in [1.82, 2.24) is 0 Å². The molecular formula is C9H17N3O3. The molecule has 0 aromatic heterocycles. The number of ether oxygens (including phenoxy) is 2. The fraction of sp³-hybridized carbons (Fsp3) is 1.00. The fourth-order valence-corrected chi connectivity index (χ4v) is 1.67. The second kappa shape index (κ2) is 5.32. The number of hydrogen-bond donors (Lipinski definition) is 1. The molecule has 1 rings (SSSR count). The van der Waals surface area contributed by atoms with E-state index >= 15 is 0 Å². The van der Waals surface area contributed by atoms with Crippen LogP contribution in [0.15, 0.2) is 5.11 Å². The van der Waals surface area contributed by atoms with E-state index in [2.05, 4.69) is 10.0 Å². The lowest BCUT2D eigenvalue weighted by molar-refractivity contribution is -0.0633. The average molecular weight is 215 g/mol. The highest BCUT2D eigenvalue weighted by Crippen LogP contribution is 2.25. The molecule has 0 aromatic rings. The zero-order valence-corrected chi connectivity index (χ0v) is 9.20. The summed E-state index contributed by atoms with van der Waals surface area (Å²) in [5.74, 6) is 0. The minimum Gasteiger partial charge on any atom is -0.388 e. The zero-order valence-electron chi connectivity index (χ0n) is 9.20. The molecule has 0 saturated carbocycles. The molecule has 1 N–H and O–H groups in total. The van der Waals surface area contributed by atoms with Gasteiger partial charge in [-0.05, 0) is 26.3 Å². The number of hydrogen-bond acceptors (Lipinski definition) is 4. The lowest BCUT2D eigenvalue weighted by Gasteiger charge is -2.22. The quantitative estimate of drug-likeness (QED) is 0.434. The van der Waals surface area contributed by atoms with Crippen LogP contribution in [-0.2, 0) is 9.47 Å². The summed E-state index contributed by atoms with van der Waals surface area (Å²) in [5, 5.41) is 13.2. The maximum atomic E-state index is 9.79. The van der Waals surface area contributed by atoms with E-state index in [9.17, 15) is 5.11 Å². The number of aliphatic hydroxyl groups excluding tert-OH is 1. The first-order valence-electron chi connectivity index (χ1n) is 5.06. The van der Waals surface area contributed by atoms with Gasteiger partial charge in [-0.25, -0.2) is 0 Å². The molecule has 15 heavy (non-hydrogen) atoms. The molecule has 86 valence electrons. The standard InChI is InChI=1S/C9H17N3O3/c1-5(2)14-9-7(4-11-12-10)15-6(3)8(9)13/h5-9,13H,4H2,1-3H3/t6-,7+,8?,9-/m0/s1. The van der Waals surface area contributed by atoms with Crippen molar-refractivity contribution in [2.24, 2.45) is 5.11 Å². The van der Waals surface area contributed by atoms with Crippen molar-refractivity contribution in [3.63, 3.8) is 0 Å². The number of nitrogens with zero attached hydrogens (tertiary/aromatic N) is 3. The van der Waals surface area contributed by atoms with Crippen molar-refractivity contribution < 1.29 is 14.6 Å². The van der Waals surface area contributed by atoms with Crippen LogP contribution < -0.4 is 0 Å². The van der Waals surface area contributed by atoms with E-state index in [0.29, 0.717) is 0 Å². The van der Waals surface area contributed by atoms with Crippen LogP contribution in [0.3, 0.4) is 0 Å². The van der Waals surface area contributed by atoms with Crippen molar-refractivity contribution in [2.45, 2.75) is 51.3 Å². The van der Waals surface area contributed by atoms with Crippen LogP contribution in [0, 0.1) is 0 Å². The summed E-state index contributed by atoms with van der Waals surface area (Å²) in [7, 11) is 0. The van der Waals surface area contributed by atoms with Gasteiger partial charge in [-0.3, -0.25) is 0 Å². The van der Waals surface area contributed by atoms with Gasteiger partial charge in [0.25, 0.3) is 0 Å². The fourth-order valence-electron chi connectivity index (χ4n) is 1.67. The Hall–Kier alpha value is -0.810. The molecule has 0 spiro atoms. The van der Waals surface area contributed by atoms with E-state index in [4.69, 9.17) is 15.0 Å². The lowest BCUT2D eigenvalue weighted by Crippen LogP contribution is -2.37. The van der Waals surface area contributed by atoms with Gasteiger partial charge in [-0.2, -0.15) is 0 Å². The molecule has 1 aliphatic heterocycles. The SMILES string of the molecule is CC(C)O[C@@H]1C(O)[C@H](C)O[C@@H]1CN=[N+]=[N-]. The van der Waals surface area contributed by atoms with Crippen LogP contribution in [0.2, 0.25) is 0 Å². The van der Waals surface area contributed by atoms with Crippen LogP contribution in [0.4, 0.5) is 0 Å². The minimum absolute atomic E-state index is 0.00659. The number of rotatable bonds is 4. The molecule has 1 heterocycles. The Kier molecular flexibility index (Phi) is 4.35. The van der Waals surface area contributed by atoms with E-state index in [1.54, 1.807) is 6.92 Å². The van der Waals surface area contributed by atoms with Gasteiger partial charge in [-0.15, -0.1) is 0 Å². The Balaban J connectivity index is 2.63. The first-order valence-corrected chi connectivity index (χ1v) is 5.06. The van der Waals surface area contributed by atoms with Crippen molar-refractivity contribution in [1.29, 1.82) is 0 Å². The Morgan fingerprint density at radius 2 is 2.27 bits per heavy atom. The van der Waals surface area contributed by atoms with Gasteiger partial charge in [0.05, 0.1) is 24.9 Å². The van der Waals surface area contributed by atoms with Gasteiger partial charge in [0.1, 0.15) is 12.2 Å². The normalized spacial score (nSPS) is 35.5. The molecular weight excluding hydrogens is 198 g/mol. The molecule has 0 radical (unpaired) electrons. The summed E-state index contributed by atoms with van der Waals surface area (Å²) in [5.41, 5.74) is 8.23. The van der Waals surface area contributed by atoms with Crippen molar-refractivity contribution >= 4 is 0 Å².